The van der Waals surface area contributed by atoms with E-state index in [9.17, 15) is 13.2 Å². The van der Waals surface area contributed by atoms with E-state index in [4.69, 9.17) is 5.11 Å². The van der Waals surface area contributed by atoms with Crippen LogP contribution in [0.3, 0.4) is 0 Å². The fourth-order valence-corrected chi connectivity index (χ4v) is 1.65. The number of nitrogens with zero attached hydrogens (tertiary/aromatic N) is 1. The molecule has 0 fully saturated rings. The second-order valence-corrected chi connectivity index (χ2v) is 3.74. The average molecular weight is 253 g/mol. The number of benzene rings is 1. The van der Waals surface area contributed by atoms with Gasteiger partial charge in [-0.05, 0) is 29.8 Å². The van der Waals surface area contributed by atoms with Crippen LogP contribution >= 0.6 is 0 Å². The molecule has 0 aliphatic heterocycles. The summed E-state index contributed by atoms with van der Waals surface area (Å²) in [5, 5.41) is 9.16. The standard InChI is InChI=1S/C13H10F3NO/c14-13(15,16)10-5-4-9(8-18)11(7-10)12-3-1-2-6-17-12/h1-7,18H,8H2. The van der Waals surface area contributed by atoms with E-state index in [0.29, 0.717) is 16.8 Å². The number of hydrogen-bond acceptors (Lipinski definition) is 2. The van der Waals surface area contributed by atoms with Crippen LogP contribution < -0.4 is 0 Å². The number of hydrogen-bond donors (Lipinski definition) is 1. The Kier molecular flexibility index (Phi) is 3.34. The molecule has 2 aromatic rings. The summed E-state index contributed by atoms with van der Waals surface area (Å²) in [7, 11) is 0. The molecule has 1 aromatic heterocycles. The highest BCUT2D eigenvalue weighted by molar-refractivity contribution is 5.64. The molecule has 0 saturated heterocycles. The van der Waals surface area contributed by atoms with Crippen molar-refractivity contribution < 1.29 is 18.3 Å². The van der Waals surface area contributed by atoms with Gasteiger partial charge in [-0.3, -0.25) is 4.98 Å². The van der Waals surface area contributed by atoms with Crippen molar-refractivity contribution in [3.63, 3.8) is 0 Å². The lowest BCUT2D eigenvalue weighted by atomic mass is 10.0. The van der Waals surface area contributed by atoms with E-state index < -0.39 is 11.7 Å². The van der Waals surface area contributed by atoms with Crippen molar-refractivity contribution in [1.29, 1.82) is 0 Å². The summed E-state index contributed by atoms with van der Waals surface area (Å²) in [6.07, 6.45) is -2.91. The van der Waals surface area contributed by atoms with Gasteiger partial charge in [0.05, 0.1) is 17.9 Å². The highest BCUT2D eigenvalue weighted by Crippen LogP contribution is 2.33. The lowest BCUT2D eigenvalue weighted by Gasteiger charge is -2.11. The van der Waals surface area contributed by atoms with Gasteiger partial charge in [0.1, 0.15) is 0 Å². The molecular formula is C13H10F3NO. The molecule has 0 bridgehead atoms. The minimum Gasteiger partial charge on any atom is -0.392 e. The van der Waals surface area contributed by atoms with Crippen molar-refractivity contribution in [2.75, 3.05) is 0 Å². The maximum atomic E-state index is 12.6. The highest BCUT2D eigenvalue weighted by atomic mass is 19.4. The van der Waals surface area contributed by atoms with Crippen LogP contribution in [-0.2, 0) is 12.8 Å². The quantitative estimate of drug-likeness (QED) is 0.891. The third-order valence-electron chi connectivity index (χ3n) is 2.55. The molecule has 1 N–H and O–H groups in total. The lowest BCUT2D eigenvalue weighted by molar-refractivity contribution is -0.137. The van der Waals surface area contributed by atoms with Crippen LogP contribution in [0.25, 0.3) is 11.3 Å². The SMILES string of the molecule is OCc1ccc(C(F)(F)F)cc1-c1ccccn1. The molecule has 18 heavy (non-hydrogen) atoms. The first-order chi connectivity index (χ1) is 8.52. The van der Waals surface area contributed by atoms with Crippen LogP contribution in [0.15, 0.2) is 42.6 Å². The molecule has 94 valence electrons. The second-order valence-electron chi connectivity index (χ2n) is 3.74. The number of aliphatic hydroxyl groups excluding tert-OH is 1. The summed E-state index contributed by atoms with van der Waals surface area (Å²) in [5.74, 6) is 0. The Morgan fingerprint density at radius 3 is 2.44 bits per heavy atom. The monoisotopic (exact) mass is 253 g/mol. The zero-order valence-electron chi connectivity index (χ0n) is 9.28. The van der Waals surface area contributed by atoms with Crippen molar-refractivity contribution in [2.45, 2.75) is 12.8 Å². The highest BCUT2D eigenvalue weighted by Gasteiger charge is 2.31. The third-order valence-corrected chi connectivity index (χ3v) is 2.55. The van der Waals surface area contributed by atoms with Gasteiger partial charge in [0, 0.05) is 11.8 Å². The van der Waals surface area contributed by atoms with Gasteiger partial charge in [-0.2, -0.15) is 13.2 Å². The van der Waals surface area contributed by atoms with E-state index in [1.54, 1.807) is 18.2 Å². The van der Waals surface area contributed by atoms with Gasteiger partial charge >= 0.3 is 6.18 Å². The van der Waals surface area contributed by atoms with Crippen LogP contribution in [-0.4, -0.2) is 10.1 Å². The molecule has 0 spiro atoms. The molecule has 0 saturated carbocycles. The number of halogens is 3. The zero-order chi connectivity index (χ0) is 13.2. The van der Waals surface area contributed by atoms with Crippen LogP contribution in [0.1, 0.15) is 11.1 Å². The largest absolute Gasteiger partial charge is 0.416 e. The molecule has 5 heteroatoms. The molecule has 0 unspecified atom stereocenters. The Morgan fingerprint density at radius 1 is 1.11 bits per heavy atom. The first kappa shape index (κ1) is 12.6. The Bertz CT molecular complexity index is 538. The molecule has 0 atom stereocenters. The number of pyridine rings is 1. The summed E-state index contributed by atoms with van der Waals surface area (Å²) in [6.45, 7) is -0.329. The van der Waals surface area contributed by atoms with Gasteiger partial charge in [0.15, 0.2) is 0 Å². The second kappa shape index (κ2) is 4.78. The predicted molar refractivity (Wildman–Crippen MR) is 60.6 cm³/mol. The first-order valence-electron chi connectivity index (χ1n) is 5.25. The summed E-state index contributed by atoms with van der Waals surface area (Å²) in [5.41, 5.74) is 0.377. The molecule has 2 rings (SSSR count). The number of aliphatic hydroxyl groups is 1. The topological polar surface area (TPSA) is 33.1 Å². The summed E-state index contributed by atoms with van der Waals surface area (Å²) in [4.78, 5) is 4.00. The van der Waals surface area contributed by atoms with E-state index in [1.165, 1.54) is 12.3 Å². The van der Waals surface area contributed by atoms with Crippen molar-refractivity contribution >= 4 is 0 Å². The van der Waals surface area contributed by atoms with Crippen molar-refractivity contribution in [3.8, 4) is 11.3 Å². The number of alkyl halides is 3. The molecule has 0 amide bonds. The van der Waals surface area contributed by atoms with Gasteiger partial charge in [0.25, 0.3) is 0 Å². The fraction of sp³-hybridized carbons (Fsp3) is 0.154. The third kappa shape index (κ3) is 2.51. The Hall–Kier alpha value is -1.88. The maximum absolute atomic E-state index is 12.6. The van der Waals surface area contributed by atoms with Crippen LogP contribution in [0.4, 0.5) is 13.2 Å². The zero-order valence-corrected chi connectivity index (χ0v) is 9.28. The van der Waals surface area contributed by atoms with Crippen molar-refractivity contribution in [3.05, 3.63) is 53.7 Å². The van der Waals surface area contributed by atoms with Crippen LogP contribution in [0.5, 0.6) is 0 Å². The van der Waals surface area contributed by atoms with Gasteiger partial charge in [0.2, 0.25) is 0 Å². The number of rotatable bonds is 2. The number of aromatic nitrogens is 1. The van der Waals surface area contributed by atoms with E-state index in [2.05, 4.69) is 4.98 Å². The smallest absolute Gasteiger partial charge is 0.392 e. The van der Waals surface area contributed by atoms with Crippen molar-refractivity contribution in [1.82, 2.24) is 4.98 Å². The summed E-state index contributed by atoms with van der Waals surface area (Å²) >= 11 is 0. The molecule has 0 aliphatic rings. The normalized spacial score (nSPS) is 11.6. The molecular weight excluding hydrogens is 243 g/mol. The average Bonchev–Trinajstić information content (AvgIpc) is 2.38. The van der Waals surface area contributed by atoms with E-state index in [-0.39, 0.29) is 6.61 Å². The van der Waals surface area contributed by atoms with E-state index >= 15 is 0 Å². The Morgan fingerprint density at radius 2 is 1.89 bits per heavy atom. The maximum Gasteiger partial charge on any atom is 0.416 e. The summed E-state index contributed by atoms with van der Waals surface area (Å²) < 4.78 is 37.9. The minimum absolute atomic E-state index is 0.299. The van der Waals surface area contributed by atoms with Crippen LogP contribution in [0, 0.1) is 0 Å². The Balaban J connectivity index is 2.57. The summed E-state index contributed by atoms with van der Waals surface area (Å²) in [6, 6.07) is 8.20. The van der Waals surface area contributed by atoms with E-state index in [1.807, 2.05) is 0 Å². The molecule has 0 radical (unpaired) electrons. The molecule has 2 nitrogen and oxygen atoms in total. The van der Waals surface area contributed by atoms with Crippen LogP contribution in [0.2, 0.25) is 0 Å². The Labute approximate surface area is 102 Å². The van der Waals surface area contributed by atoms with Crippen molar-refractivity contribution in [2.24, 2.45) is 0 Å². The molecule has 1 aromatic carbocycles. The van der Waals surface area contributed by atoms with Gasteiger partial charge in [-0.15, -0.1) is 0 Å². The van der Waals surface area contributed by atoms with Gasteiger partial charge in [-0.1, -0.05) is 12.1 Å². The fourth-order valence-electron chi connectivity index (χ4n) is 1.65. The van der Waals surface area contributed by atoms with Gasteiger partial charge in [-0.25, -0.2) is 0 Å². The lowest BCUT2D eigenvalue weighted by Crippen LogP contribution is -2.06. The minimum atomic E-state index is -4.41. The van der Waals surface area contributed by atoms with E-state index in [0.717, 1.165) is 12.1 Å². The first-order valence-corrected chi connectivity index (χ1v) is 5.25. The predicted octanol–water partition coefficient (Wildman–Crippen LogP) is 3.26. The molecule has 1 heterocycles. The van der Waals surface area contributed by atoms with Gasteiger partial charge < -0.3 is 5.11 Å². The molecule has 0 aliphatic carbocycles.